The summed E-state index contributed by atoms with van der Waals surface area (Å²) in [5, 5.41) is 4.93. The van der Waals surface area contributed by atoms with E-state index in [0.717, 1.165) is 48.3 Å². The zero-order valence-electron chi connectivity index (χ0n) is 13.8. The predicted octanol–water partition coefficient (Wildman–Crippen LogP) is 3.46. The summed E-state index contributed by atoms with van der Waals surface area (Å²) in [6, 6.07) is 5.89. The number of hydrogen-bond donors (Lipinski definition) is 2. The van der Waals surface area contributed by atoms with Crippen LogP contribution in [0, 0.1) is 0 Å². The van der Waals surface area contributed by atoms with Gasteiger partial charge in [0.15, 0.2) is 0 Å². The van der Waals surface area contributed by atoms with Crippen LogP contribution in [0.4, 0.5) is 4.79 Å². The van der Waals surface area contributed by atoms with E-state index in [-0.39, 0.29) is 18.2 Å². The Morgan fingerprint density at radius 3 is 3.17 bits per heavy atom. The van der Waals surface area contributed by atoms with Gasteiger partial charge < -0.3 is 19.9 Å². The van der Waals surface area contributed by atoms with E-state index in [4.69, 9.17) is 16.3 Å². The summed E-state index contributed by atoms with van der Waals surface area (Å²) in [6.07, 6.45) is 3.07. The molecular weight excluding hydrogens is 326 g/mol. The fourth-order valence-corrected chi connectivity index (χ4v) is 3.91. The lowest BCUT2D eigenvalue weighted by Gasteiger charge is -2.30. The number of aromatic nitrogens is 1. The molecule has 2 unspecified atom stereocenters. The molecule has 1 saturated heterocycles. The molecule has 128 valence electrons. The predicted molar refractivity (Wildman–Crippen MR) is 94.4 cm³/mol. The van der Waals surface area contributed by atoms with Crippen molar-refractivity contribution in [3.8, 4) is 0 Å². The number of aromatic amines is 1. The number of amides is 2. The third-order valence-electron chi connectivity index (χ3n) is 5.10. The number of carbonyl (C=O) groups is 1. The highest BCUT2D eigenvalue weighted by Crippen LogP contribution is 2.29. The van der Waals surface area contributed by atoms with E-state index in [2.05, 4.69) is 10.3 Å². The van der Waals surface area contributed by atoms with Crippen LogP contribution in [0.15, 0.2) is 18.2 Å². The fourth-order valence-electron chi connectivity index (χ4n) is 3.74. The standard InChI is InChI=1S/C18H22ClN3O2/c1-11(17-3-2-8-24-17)20-18(23)22-7-6-16-14(10-22)13-9-12(19)4-5-15(13)21-16/h4-5,9,11,17,21H,2-3,6-8,10H2,1H3,(H,20,23). The number of benzene rings is 1. The van der Waals surface area contributed by atoms with Crippen LogP contribution >= 0.6 is 11.6 Å². The van der Waals surface area contributed by atoms with E-state index >= 15 is 0 Å². The lowest BCUT2D eigenvalue weighted by atomic mass is 10.0. The van der Waals surface area contributed by atoms with Gasteiger partial charge in [-0.25, -0.2) is 4.79 Å². The molecule has 24 heavy (non-hydrogen) atoms. The third-order valence-corrected chi connectivity index (χ3v) is 5.33. The largest absolute Gasteiger partial charge is 0.376 e. The van der Waals surface area contributed by atoms with Crippen LogP contribution in [0.25, 0.3) is 10.9 Å². The lowest BCUT2D eigenvalue weighted by Crippen LogP contribution is -2.49. The Morgan fingerprint density at radius 1 is 1.50 bits per heavy atom. The van der Waals surface area contributed by atoms with Crippen molar-refractivity contribution in [1.29, 1.82) is 0 Å². The first-order chi connectivity index (χ1) is 11.6. The second-order valence-corrected chi connectivity index (χ2v) is 7.17. The quantitative estimate of drug-likeness (QED) is 0.874. The highest BCUT2D eigenvalue weighted by molar-refractivity contribution is 6.31. The third kappa shape index (κ3) is 2.87. The van der Waals surface area contributed by atoms with E-state index in [1.54, 1.807) is 0 Å². The van der Waals surface area contributed by atoms with Gasteiger partial charge in [0.2, 0.25) is 0 Å². The first-order valence-corrected chi connectivity index (χ1v) is 8.95. The van der Waals surface area contributed by atoms with Gasteiger partial charge in [0.25, 0.3) is 0 Å². The molecule has 2 N–H and O–H groups in total. The number of nitrogens with zero attached hydrogens (tertiary/aromatic N) is 1. The zero-order valence-corrected chi connectivity index (χ0v) is 14.5. The van der Waals surface area contributed by atoms with E-state index in [1.807, 2.05) is 30.0 Å². The number of nitrogens with one attached hydrogen (secondary N) is 2. The molecule has 1 aromatic heterocycles. The van der Waals surface area contributed by atoms with E-state index in [1.165, 1.54) is 11.3 Å². The average Bonchev–Trinajstić information content (AvgIpc) is 3.21. The molecule has 2 aliphatic heterocycles. The summed E-state index contributed by atoms with van der Waals surface area (Å²) in [6.45, 7) is 4.15. The Hall–Kier alpha value is -1.72. The maximum atomic E-state index is 12.6. The smallest absolute Gasteiger partial charge is 0.318 e. The molecule has 5 nitrogen and oxygen atoms in total. The van der Waals surface area contributed by atoms with E-state index in [9.17, 15) is 4.79 Å². The van der Waals surface area contributed by atoms with Crippen molar-refractivity contribution in [2.75, 3.05) is 13.2 Å². The van der Waals surface area contributed by atoms with Crippen LogP contribution in [0.1, 0.15) is 31.0 Å². The van der Waals surface area contributed by atoms with Gasteiger partial charge in [-0.2, -0.15) is 0 Å². The van der Waals surface area contributed by atoms with Crippen LogP contribution in [0.5, 0.6) is 0 Å². The van der Waals surface area contributed by atoms with Gasteiger partial charge >= 0.3 is 6.03 Å². The Morgan fingerprint density at radius 2 is 2.38 bits per heavy atom. The first-order valence-electron chi connectivity index (χ1n) is 8.58. The Bertz CT molecular complexity index is 767. The Labute approximate surface area is 146 Å². The first kappa shape index (κ1) is 15.8. The van der Waals surface area contributed by atoms with Crippen molar-refractivity contribution in [1.82, 2.24) is 15.2 Å². The van der Waals surface area contributed by atoms with Crippen molar-refractivity contribution in [2.24, 2.45) is 0 Å². The summed E-state index contributed by atoms with van der Waals surface area (Å²) in [5.41, 5.74) is 3.47. The molecule has 6 heteroatoms. The Balaban J connectivity index is 1.49. The number of urea groups is 1. The van der Waals surface area contributed by atoms with Crippen molar-refractivity contribution in [3.63, 3.8) is 0 Å². The van der Waals surface area contributed by atoms with Crippen molar-refractivity contribution in [2.45, 2.75) is 44.9 Å². The number of fused-ring (bicyclic) bond motifs is 3. The molecule has 2 amide bonds. The van der Waals surface area contributed by atoms with Gasteiger partial charge in [0.1, 0.15) is 0 Å². The number of H-pyrrole nitrogens is 1. The molecule has 0 bridgehead atoms. The summed E-state index contributed by atoms with van der Waals surface area (Å²) in [4.78, 5) is 18.0. The van der Waals surface area contributed by atoms with Crippen molar-refractivity contribution in [3.05, 3.63) is 34.5 Å². The van der Waals surface area contributed by atoms with Crippen LogP contribution in [0.2, 0.25) is 5.02 Å². The average molecular weight is 348 g/mol. The molecule has 3 heterocycles. The van der Waals surface area contributed by atoms with Gasteiger partial charge in [-0.05, 0) is 38.0 Å². The topological polar surface area (TPSA) is 57.4 Å². The normalized spacial score (nSPS) is 21.8. The van der Waals surface area contributed by atoms with Gasteiger partial charge in [-0.3, -0.25) is 0 Å². The van der Waals surface area contributed by atoms with Gasteiger partial charge in [0.05, 0.1) is 12.1 Å². The molecule has 2 aromatic rings. The van der Waals surface area contributed by atoms with E-state index in [0.29, 0.717) is 6.54 Å². The van der Waals surface area contributed by atoms with Gasteiger partial charge in [-0.15, -0.1) is 0 Å². The monoisotopic (exact) mass is 347 g/mol. The molecule has 0 spiro atoms. The molecular formula is C18H22ClN3O2. The molecule has 0 saturated carbocycles. The van der Waals surface area contributed by atoms with Crippen LogP contribution < -0.4 is 5.32 Å². The highest BCUT2D eigenvalue weighted by atomic mass is 35.5. The molecule has 0 radical (unpaired) electrons. The Kier molecular flexibility index (Phi) is 4.14. The molecule has 2 aliphatic rings. The number of hydrogen-bond acceptors (Lipinski definition) is 2. The minimum atomic E-state index is -0.0139. The SMILES string of the molecule is CC(NC(=O)N1CCc2[nH]c3ccc(Cl)cc3c2C1)C1CCCO1. The van der Waals surface area contributed by atoms with Gasteiger partial charge in [0, 0.05) is 53.3 Å². The second-order valence-electron chi connectivity index (χ2n) is 6.73. The molecule has 2 atom stereocenters. The molecule has 0 aliphatic carbocycles. The zero-order chi connectivity index (χ0) is 16.7. The van der Waals surface area contributed by atoms with Crippen molar-refractivity contribution < 1.29 is 9.53 Å². The summed E-state index contributed by atoms with van der Waals surface area (Å²) in [5.74, 6) is 0. The lowest BCUT2D eigenvalue weighted by molar-refractivity contribution is 0.0829. The summed E-state index contributed by atoms with van der Waals surface area (Å²) in [7, 11) is 0. The minimum absolute atomic E-state index is 0.0139. The number of halogens is 1. The maximum absolute atomic E-state index is 12.6. The number of rotatable bonds is 2. The van der Waals surface area contributed by atoms with Crippen molar-refractivity contribution >= 4 is 28.5 Å². The van der Waals surface area contributed by atoms with Crippen LogP contribution in [0.3, 0.4) is 0 Å². The van der Waals surface area contributed by atoms with Gasteiger partial charge in [-0.1, -0.05) is 11.6 Å². The van der Waals surface area contributed by atoms with Crippen LogP contribution in [-0.2, 0) is 17.7 Å². The number of ether oxygens (including phenoxy) is 1. The minimum Gasteiger partial charge on any atom is -0.376 e. The van der Waals surface area contributed by atoms with E-state index < -0.39 is 0 Å². The fraction of sp³-hybridized carbons (Fsp3) is 0.500. The second kappa shape index (κ2) is 6.30. The molecule has 1 aromatic carbocycles. The molecule has 1 fully saturated rings. The highest BCUT2D eigenvalue weighted by Gasteiger charge is 2.28. The molecule has 4 rings (SSSR count). The maximum Gasteiger partial charge on any atom is 0.318 e. The number of carbonyl (C=O) groups excluding carboxylic acids is 1. The van der Waals surface area contributed by atoms with Crippen LogP contribution in [-0.4, -0.2) is 41.2 Å². The summed E-state index contributed by atoms with van der Waals surface area (Å²) >= 11 is 6.14. The summed E-state index contributed by atoms with van der Waals surface area (Å²) < 4.78 is 5.66.